The van der Waals surface area contributed by atoms with Gasteiger partial charge in [-0.25, -0.2) is 4.98 Å². The second-order valence-corrected chi connectivity index (χ2v) is 9.57. The van der Waals surface area contributed by atoms with Crippen molar-refractivity contribution in [3.8, 4) is 5.75 Å². The molecule has 2 aromatic carbocycles. The van der Waals surface area contributed by atoms with E-state index in [1.54, 1.807) is 23.5 Å². The molecular formula is C26H24BrN3O4. The first kappa shape index (κ1) is 22.4. The van der Waals surface area contributed by atoms with Gasteiger partial charge in [-0.3, -0.25) is 9.59 Å². The molecule has 3 heterocycles. The second-order valence-electron chi connectivity index (χ2n) is 8.66. The zero-order valence-electron chi connectivity index (χ0n) is 18.6. The van der Waals surface area contributed by atoms with Crippen molar-refractivity contribution in [3.05, 3.63) is 87.9 Å². The highest BCUT2D eigenvalue weighted by molar-refractivity contribution is 9.10. The Morgan fingerprint density at radius 2 is 2.06 bits per heavy atom. The number of ketones is 1. The number of aryl methyl sites for hydroxylation is 1. The summed E-state index contributed by atoms with van der Waals surface area (Å²) in [6.07, 6.45) is 6.72. The van der Waals surface area contributed by atoms with Crippen LogP contribution >= 0.6 is 15.9 Å². The largest absolute Gasteiger partial charge is 0.507 e. The highest BCUT2D eigenvalue weighted by Gasteiger charge is 2.45. The normalized spacial score (nSPS) is 21.1. The molecule has 1 aromatic heterocycles. The van der Waals surface area contributed by atoms with E-state index in [2.05, 4.69) is 20.9 Å². The molecule has 1 saturated heterocycles. The molecule has 0 aliphatic carbocycles. The molecule has 0 saturated carbocycles. The Hall–Kier alpha value is -3.39. The highest BCUT2D eigenvalue weighted by Crippen LogP contribution is 2.41. The van der Waals surface area contributed by atoms with E-state index in [9.17, 15) is 14.7 Å². The van der Waals surface area contributed by atoms with Crippen LogP contribution in [-0.2, 0) is 22.6 Å². The topological polar surface area (TPSA) is 84.7 Å². The average molecular weight is 522 g/mol. The van der Waals surface area contributed by atoms with Gasteiger partial charge in [0.2, 0.25) is 0 Å². The second kappa shape index (κ2) is 9.10. The number of imidazole rings is 1. The number of nitrogens with zero attached hydrogens (tertiary/aromatic N) is 3. The van der Waals surface area contributed by atoms with Gasteiger partial charge in [-0.15, -0.1) is 0 Å². The van der Waals surface area contributed by atoms with E-state index in [0.717, 1.165) is 27.8 Å². The van der Waals surface area contributed by atoms with Gasteiger partial charge in [0.15, 0.2) is 0 Å². The Morgan fingerprint density at radius 3 is 2.82 bits per heavy atom. The number of hydrogen-bond acceptors (Lipinski definition) is 5. The van der Waals surface area contributed by atoms with Crippen molar-refractivity contribution in [2.45, 2.75) is 38.5 Å². The standard InChI is InChI=1S/C26H24BrN3O4/c1-16-12-19-13-18(6-7-21(19)34-16)24(31)22-23(17-4-2-5-20(27)14-17)30(26(33)25(22)32)10-3-9-29-11-8-28-15-29/h2,4-8,11,13-16,23,31H,3,9-10,12H2,1H3. The molecule has 34 heavy (non-hydrogen) atoms. The third kappa shape index (κ3) is 4.14. The number of hydrogen-bond donors (Lipinski definition) is 1. The van der Waals surface area contributed by atoms with Crippen LogP contribution in [0.3, 0.4) is 0 Å². The quantitative estimate of drug-likeness (QED) is 0.293. The lowest BCUT2D eigenvalue weighted by atomic mass is 9.94. The first-order chi connectivity index (χ1) is 16.4. The summed E-state index contributed by atoms with van der Waals surface area (Å²) in [6.45, 7) is 3.02. The van der Waals surface area contributed by atoms with Crippen molar-refractivity contribution >= 4 is 33.4 Å². The Morgan fingerprint density at radius 1 is 1.21 bits per heavy atom. The van der Waals surface area contributed by atoms with Gasteiger partial charge in [0.25, 0.3) is 11.7 Å². The van der Waals surface area contributed by atoms with E-state index < -0.39 is 17.7 Å². The Labute approximate surface area is 205 Å². The van der Waals surface area contributed by atoms with Crippen LogP contribution in [0.1, 0.15) is 36.1 Å². The van der Waals surface area contributed by atoms with Crippen LogP contribution in [0.15, 0.2) is 71.2 Å². The summed E-state index contributed by atoms with van der Waals surface area (Å²) in [5.41, 5.74) is 2.35. The number of Topliss-reactive ketones (excluding diaryl/α,β-unsaturated/α-hetero) is 1. The Kier molecular flexibility index (Phi) is 6.00. The molecule has 0 spiro atoms. The minimum Gasteiger partial charge on any atom is -0.507 e. The highest BCUT2D eigenvalue weighted by atomic mass is 79.9. The molecular weight excluding hydrogens is 498 g/mol. The fourth-order valence-electron chi connectivity index (χ4n) is 4.70. The summed E-state index contributed by atoms with van der Waals surface area (Å²) in [5.74, 6) is -0.652. The Balaban J connectivity index is 1.53. The molecule has 5 rings (SSSR count). The van der Waals surface area contributed by atoms with E-state index in [1.165, 1.54) is 0 Å². The minimum absolute atomic E-state index is 0.0649. The molecule has 1 N–H and O–H groups in total. The molecule has 2 atom stereocenters. The lowest BCUT2D eigenvalue weighted by molar-refractivity contribution is -0.139. The van der Waals surface area contributed by atoms with Gasteiger partial charge in [-0.1, -0.05) is 28.1 Å². The van der Waals surface area contributed by atoms with Gasteiger partial charge in [0.05, 0.1) is 17.9 Å². The Bertz CT molecular complexity index is 1280. The van der Waals surface area contributed by atoms with E-state index in [0.29, 0.717) is 25.1 Å². The van der Waals surface area contributed by atoms with Crippen LogP contribution in [-0.4, -0.2) is 43.9 Å². The minimum atomic E-state index is -0.677. The van der Waals surface area contributed by atoms with Crippen LogP contribution in [0.25, 0.3) is 5.76 Å². The van der Waals surface area contributed by atoms with Gasteiger partial charge in [-0.05, 0) is 54.8 Å². The molecule has 2 aliphatic rings. The molecule has 7 nitrogen and oxygen atoms in total. The average Bonchev–Trinajstić information content (AvgIpc) is 3.52. The van der Waals surface area contributed by atoms with Crippen LogP contribution < -0.4 is 4.74 Å². The number of carbonyl (C=O) groups is 2. The maximum Gasteiger partial charge on any atom is 0.295 e. The number of aromatic nitrogens is 2. The first-order valence-electron chi connectivity index (χ1n) is 11.2. The third-order valence-electron chi connectivity index (χ3n) is 6.25. The molecule has 8 heteroatoms. The van der Waals surface area contributed by atoms with E-state index >= 15 is 0 Å². The fourth-order valence-corrected chi connectivity index (χ4v) is 5.12. The summed E-state index contributed by atoms with van der Waals surface area (Å²) < 4.78 is 8.52. The van der Waals surface area contributed by atoms with Gasteiger partial charge >= 0.3 is 0 Å². The van der Waals surface area contributed by atoms with Crippen molar-refractivity contribution in [1.82, 2.24) is 14.5 Å². The fraction of sp³-hybridized carbons (Fsp3) is 0.269. The number of carbonyl (C=O) groups excluding carboxylic acids is 2. The van der Waals surface area contributed by atoms with Crippen LogP contribution in [0.2, 0.25) is 0 Å². The molecule has 2 aliphatic heterocycles. The van der Waals surface area contributed by atoms with Crippen LogP contribution in [0.4, 0.5) is 0 Å². The molecule has 1 fully saturated rings. The van der Waals surface area contributed by atoms with Crippen molar-refractivity contribution in [2.24, 2.45) is 0 Å². The number of aliphatic hydroxyl groups is 1. The number of rotatable bonds is 6. The lowest BCUT2D eigenvalue weighted by Gasteiger charge is -2.25. The number of halogens is 1. The molecule has 174 valence electrons. The van der Waals surface area contributed by atoms with Crippen molar-refractivity contribution in [2.75, 3.05) is 6.54 Å². The maximum absolute atomic E-state index is 13.2. The molecule has 0 bridgehead atoms. The van der Waals surface area contributed by atoms with Crippen molar-refractivity contribution < 1.29 is 19.4 Å². The molecule has 2 unspecified atom stereocenters. The van der Waals surface area contributed by atoms with Crippen molar-refractivity contribution in [1.29, 1.82) is 0 Å². The molecule has 1 amide bonds. The molecule has 3 aromatic rings. The SMILES string of the molecule is CC1Cc2cc(C(O)=C3C(=O)C(=O)N(CCCn4ccnc4)C3c3cccc(Br)c3)ccc2O1. The zero-order valence-corrected chi connectivity index (χ0v) is 20.2. The molecule has 0 radical (unpaired) electrons. The van der Waals surface area contributed by atoms with Gasteiger partial charge in [0.1, 0.15) is 17.6 Å². The number of aliphatic hydroxyl groups excluding tert-OH is 1. The van der Waals surface area contributed by atoms with Gasteiger partial charge in [-0.2, -0.15) is 0 Å². The maximum atomic E-state index is 13.2. The lowest BCUT2D eigenvalue weighted by Crippen LogP contribution is -2.31. The van der Waals surface area contributed by atoms with Gasteiger partial charge < -0.3 is 19.3 Å². The number of amides is 1. The number of likely N-dealkylation sites (tertiary alicyclic amines) is 1. The third-order valence-corrected chi connectivity index (χ3v) is 6.74. The smallest absolute Gasteiger partial charge is 0.295 e. The monoisotopic (exact) mass is 521 g/mol. The number of benzene rings is 2. The summed E-state index contributed by atoms with van der Waals surface area (Å²) in [7, 11) is 0. The summed E-state index contributed by atoms with van der Waals surface area (Å²) in [5, 5.41) is 11.3. The zero-order chi connectivity index (χ0) is 23.8. The van der Waals surface area contributed by atoms with Crippen LogP contribution in [0, 0.1) is 0 Å². The predicted octanol–water partition coefficient (Wildman–Crippen LogP) is 4.48. The van der Waals surface area contributed by atoms with E-state index in [4.69, 9.17) is 4.74 Å². The van der Waals surface area contributed by atoms with Crippen molar-refractivity contribution in [3.63, 3.8) is 0 Å². The van der Waals surface area contributed by atoms with E-state index in [1.807, 2.05) is 54.1 Å². The number of ether oxygens (including phenoxy) is 1. The summed E-state index contributed by atoms with van der Waals surface area (Å²) in [6, 6.07) is 12.2. The van der Waals surface area contributed by atoms with Crippen LogP contribution in [0.5, 0.6) is 5.75 Å². The van der Waals surface area contributed by atoms with Gasteiger partial charge in [0, 0.05) is 41.9 Å². The summed E-state index contributed by atoms with van der Waals surface area (Å²) >= 11 is 3.49. The van der Waals surface area contributed by atoms with E-state index in [-0.39, 0.29) is 17.4 Å². The first-order valence-corrected chi connectivity index (χ1v) is 12.0. The summed E-state index contributed by atoms with van der Waals surface area (Å²) in [4.78, 5) is 31.9. The predicted molar refractivity (Wildman–Crippen MR) is 130 cm³/mol. The number of fused-ring (bicyclic) bond motifs is 1.